The van der Waals surface area contributed by atoms with Gasteiger partial charge in [-0.25, -0.2) is 0 Å². The fourth-order valence-electron chi connectivity index (χ4n) is 5.75. The molecule has 0 aliphatic rings. The summed E-state index contributed by atoms with van der Waals surface area (Å²) in [5.74, 6) is 0. The van der Waals surface area contributed by atoms with Crippen LogP contribution in [-0.4, -0.2) is 0 Å². The molecule has 0 heterocycles. The molecule has 0 bridgehead atoms. The molecule has 0 unspecified atom stereocenters. The van der Waals surface area contributed by atoms with Crippen LogP contribution in [0, 0.1) is 27.7 Å². The van der Waals surface area contributed by atoms with E-state index in [9.17, 15) is 0 Å². The second kappa shape index (κ2) is 12.1. The molecule has 6 rings (SSSR count). The zero-order valence-electron chi connectivity index (χ0n) is 24.8. The van der Waals surface area contributed by atoms with Gasteiger partial charge in [0.2, 0.25) is 0 Å². The fourth-order valence-corrected chi connectivity index (χ4v) is 6.22. The van der Waals surface area contributed by atoms with E-state index in [2.05, 4.69) is 129 Å². The zero-order chi connectivity index (χ0) is 30.1. The highest BCUT2D eigenvalue weighted by atomic mass is 35.5. The maximum atomic E-state index is 6.75. The average molecular weight is 599 g/mol. The van der Waals surface area contributed by atoms with Crippen molar-refractivity contribution < 1.29 is 0 Å². The third-order valence-electron chi connectivity index (χ3n) is 8.05. The summed E-state index contributed by atoms with van der Waals surface area (Å²) >= 11 is 13.5. The van der Waals surface area contributed by atoms with Crippen molar-refractivity contribution in [2.75, 3.05) is 4.90 Å². The van der Waals surface area contributed by atoms with Gasteiger partial charge in [0, 0.05) is 27.1 Å². The first-order chi connectivity index (χ1) is 20.8. The summed E-state index contributed by atoms with van der Waals surface area (Å²) in [6.45, 7) is 8.45. The third kappa shape index (κ3) is 5.97. The summed E-state index contributed by atoms with van der Waals surface area (Å²) in [7, 11) is 0. The van der Waals surface area contributed by atoms with Crippen LogP contribution in [0.15, 0.2) is 127 Å². The van der Waals surface area contributed by atoms with Crippen LogP contribution in [0.1, 0.15) is 22.3 Å². The van der Waals surface area contributed by atoms with E-state index in [1.807, 2.05) is 31.2 Å². The van der Waals surface area contributed by atoms with Gasteiger partial charge in [0.1, 0.15) is 0 Å². The van der Waals surface area contributed by atoms with Crippen LogP contribution in [0.2, 0.25) is 10.0 Å². The number of nitrogens with zero attached hydrogens (tertiary/aromatic N) is 1. The van der Waals surface area contributed by atoms with Crippen LogP contribution in [0.25, 0.3) is 33.4 Å². The van der Waals surface area contributed by atoms with E-state index in [0.717, 1.165) is 44.9 Å². The molecule has 212 valence electrons. The van der Waals surface area contributed by atoms with Crippen molar-refractivity contribution in [3.8, 4) is 33.4 Å². The Balaban J connectivity index is 1.58. The molecule has 0 aliphatic heterocycles. The molecule has 0 radical (unpaired) electrons. The molecular formula is C40H33Cl2N. The average Bonchev–Trinajstić information content (AvgIpc) is 3.01. The predicted octanol–water partition coefficient (Wildman–Crippen LogP) is 12.7. The van der Waals surface area contributed by atoms with Crippen LogP contribution in [-0.2, 0) is 0 Å². The first-order valence-electron chi connectivity index (χ1n) is 14.5. The van der Waals surface area contributed by atoms with Crippen molar-refractivity contribution in [3.05, 3.63) is 160 Å². The highest BCUT2D eigenvalue weighted by molar-refractivity contribution is 6.36. The summed E-state index contributed by atoms with van der Waals surface area (Å²) < 4.78 is 0. The lowest BCUT2D eigenvalue weighted by Crippen LogP contribution is -2.11. The number of halogens is 2. The van der Waals surface area contributed by atoms with Gasteiger partial charge in [-0.3, -0.25) is 0 Å². The number of aryl methyl sites for hydroxylation is 3. The normalized spacial score (nSPS) is 11.0. The summed E-state index contributed by atoms with van der Waals surface area (Å²) in [5, 5.41) is 1.28. The van der Waals surface area contributed by atoms with Crippen LogP contribution in [0.5, 0.6) is 0 Å². The van der Waals surface area contributed by atoms with Crippen LogP contribution in [0.3, 0.4) is 0 Å². The lowest BCUT2D eigenvalue weighted by molar-refractivity contribution is 1.26. The first kappa shape index (κ1) is 28.8. The molecule has 0 fully saturated rings. The van der Waals surface area contributed by atoms with Crippen molar-refractivity contribution in [1.82, 2.24) is 0 Å². The summed E-state index contributed by atoms with van der Waals surface area (Å²) in [6.07, 6.45) is 0. The molecule has 0 saturated carbocycles. The molecular weight excluding hydrogens is 565 g/mol. The highest BCUT2D eigenvalue weighted by Crippen LogP contribution is 2.43. The van der Waals surface area contributed by atoms with Gasteiger partial charge in [-0.1, -0.05) is 114 Å². The molecule has 0 amide bonds. The monoisotopic (exact) mass is 597 g/mol. The summed E-state index contributed by atoms with van der Waals surface area (Å²) in [5.41, 5.74) is 14.6. The first-order valence-corrected chi connectivity index (χ1v) is 15.2. The molecule has 0 aliphatic carbocycles. The smallest absolute Gasteiger partial charge is 0.0491 e. The Hall–Kier alpha value is -4.30. The maximum absolute atomic E-state index is 6.75. The number of benzene rings is 6. The molecule has 0 spiro atoms. The van der Waals surface area contributed by atoms with Gasteiger partial charge in [0.25, 0.3) is 0 Å². The Morgan fingerprint density at radius 3 is 1.42 bits per heavy atom. The van der Waals surface area contributed by atoms with Crippen LogP contribution < -0.4 is 4.90 Å². The minimum atomic E-state index is 0.638. The standard InChI is InChI=1S/C40H33Cl2N/c1-26-15-17-37(27(2)19-26)38-18-16-34(20-28(38)3)43(36-24-39(41)29(4)40(42)25-36)35-22-32(30-11-7-5-8-12-30)21-33(23-35)31-13-9-6-10-14-31/h5-25H,1-4H3. The van der Waals surface area contributed by atoms with Crippen molar-refractivity contribution in [1.29, 1.82) is 0 Å². The topological polar surface area (TPSA) is 3.24 Å². The SMILES string of the molecule is Cc1ccc(-c2ccc(N(c3cc(-c4ccccc4)cc(-c4ccccc4)c3)c3cc(Cl)c(C)c(Cl)c3)cc2C)c(C)c1. The largest absolute Gasteiger partial charge is 0.310 e. The van der Waals surface area contributed by atoms with E-state index in [0.29, 0.717) is 10.0 Å². The summed E-state index contributed by atoms with van der Waals surface area (Å²) in [6, 6.07) is 45.1. The van der Waals surface area contributed by atoms with Gasteiger partial charge < -0.3 is 4.90 Å². The second-order valence-corrected chi connectivity index (χ2v) is 12.0. The third-order valence-corrected chi connectivity index (χ3v) is 8.84. The van der Waals surface area contributed by atoms with E-state index < -0.39 is 0 Å². The molecule has 6 aromatic rings. The Morgan fingerprint density at radius 2 is 0.907 bits per heavy atom. The van der Waals surface area contributed by atoms with E-state index in [4.69, 9.17) is 23.2 Å². The molecule has 0 N–H and O–H groups in total. The molecule has 0 atom stereocenters. The zero-order valence-corrected chi connectivity index (χ0v) is 26.3. The van der Waals surface area contributed by atoms with E-state index >= 15 is 0 Å². The van der Waals surface area contributed by atoms with Crippen LogP contribution in [0.4, 0.5) is 17.1 Å². The van der Waals surface area contributed by atoms with Gasteiger partial charge >= 0.3 is 0 Å². The maximum Gasteiger partial charge on any atom is 0.0491 e. The quantitative estimate of drug-likeness (QED) is 0.184. The van der Waals surface area contributed by atoms with Crippen molar-refractivity contribution in [2.45, 2.75) is 27.7 Å². The molecule has 0 aromatic heterocycles. The minimum absolute atomic E-state index is 0.638. The number of hydrogen-bond donors (Lipinski definition) is 0. The molecule has 43 heavy (non-hydrogen) atoms. The van der Waals surface area contributed by atoms with E-state index in [1.165, 1.54) is 27.8 Å². The van der Waals surface area contributed by atoms with E-state index in [1.54, 1.807) is 0 Å². The number of anilines is 3. The minimum Gasteiger partial charge on any atom is -0.310 e. The van der Waals surface area contributed by atoms with Gasteiger partial charge in [0.15, 0.2) is 0 Å². The van der Waals surface area contributed by atoms with Gasteiger partial charge in [-0.2, -0.15) is 0 Å². The Bertz CT molecular complexity index is 1850. The molecule has 3 heteroatoms. The van der Waals surface area contributed by atoms with Crippen molar-refractivity contribution >= 4 is 40.3 Å². The van der Waals surface area contributed by atoms with Gasteiger partial charge in [-0.05, 0) is 120 Å². The fraction of sp³-hybridized carbons (Fsp3) is 0.100. The molecule has 6 aromatic carbocycles. The molecule has 0 saturated heterocycles. The second-order valence-electron chi connectivity index (χ2n) is 11.2. The Labute approximate surface area is 265 Å². The van der Waals surface area contributed by atoms with Crippen molar-refractivity contribution in [3.63, 3.8) is 0 Å². The van der Waals surface area contributed by atoms with Crippen molar-refractivity contribution in [2.24, 2.45) is 0 Å². The number of hydrogen-bond acceptors (Lipinski definition) is 1. The highest BCUT2D eigenvalue weighted by Gasteiger charge is 2.19. The van der Waals surface area contributed by atoms with Gasteiger partial charge in [-0.15, -0.1) is 0 Å². The number of rotatable bonds is 6. The Kier molecular flexibility index (Phi) is 8.13. The van der Waals surface area contributed by atoms with Gasteiger partial charge in [0.05, 0.1) is 0 Å². The lowest BCUT2D eigenvalue weighted by Gasteiger charge is -2.28. The lowest BCUT2D eigenvalue weighted by atomic mass is 9.94. The Morgan fingerprint density at radius 1 is 0.419 bits per heavy atom. The van der Waals surface area contributed by atoms with Crippen LogP contribution >= 0.6 is 23.2 Å². The van der Waals surface area contributed by atoms with E-state index in [-0.39, 0.29) is 0 Å². The molecule has 1 nitrogen and oxygen atoms in total. The predicted molar refractivity (Wildman–Crippen MR) is 186 cm³/mol. The summed E-state index contributed by atoms with van der Waals surface area (Å²) in [4.78, 5) is 2.26.